The van der Waals surface area contributed by atoms with Crippen molar-refractivity contribution in [3.63, 3.8) is 0 Å². The summed E-state index contributed by atoms with van der Waals surface area (Å²) in [7, 11) is 0. The number of benzene rings is 1. The van der Waals surface area contributed by atoms with Gasteiger partial charge in [0.1, 0.15) is 0 Å². The van der Waals surface area contributed by atoms with Crippen LogP contribution in [0.5, 0.6) is 0 Å². The number of hydrogen-bond donors (Lipinski definition) is 0. The summed E-state index contributed by atoms with van der Waals surface area (Å²) in [5, 5.41) is 9.45. The maximum atomic E-state index is 9.45. The molecular formula is C17H23N3O. The normalized spacial score (nSPS) is 25.6. The van der Waals surface area contributed by atoms with Crippen molar-refractivity contribution in [2.24, 2.45) is 0 Å². The Balaban J connectivity index is 1.55. The lowest BCUT2D eigenvalue weighted by Crippen LogP contribution is -2.44. The molecule has 0 radical (unpaired) electrons. The predicted molar refractivity (Wildman–Crippen MR) is 82.0 cm³/mol. The van der Waals surface area contributed by atoms with Crippen molar-refractivity contribution in [2.75, 3.05) is 45.9 Å². The van der Waals surface area contributed by atoms with E-state index >= 15 is 0 Å². The predicted octanol–water partition coefficient (Wildman–Crippen LogP) is 1.70. The molecule has 0 saturated carbocycles. The maximum Gasteiger partial charge on any atom is 0.0839 e. The highest BCUT2D eigenvalue weighted by atomic mass is 16.5. The Morgan fingerprint density at radius 3 is 2.67 bits per heavy atom. The summed E-state index contributed by atoms with van der Waals surface area (Å²) < 4.78 is 5.43. The van der Waals surface area contributed by atoms with Crippen LogP contribution < -0.4 is 0 Å². The number of hydrogen-bond acceptors (Lipinski definition) is 4. The summed E-state index contributed by atoms with van der Waals surface area (Å²) in [5.41, 5.74) is 1.13. The topological polar surface area (TPSA) is 39.5 Å². The lowest BCUT2D eigenvalue weighted by atomic mass is 10.0. The molecule has 0 N–H and O–H groups in total. The molecule has 2 fully saturated rings. The van der Waals surface area contributed by atoms with Gasteiger partial charge in [-0.1, -0.05) is 30.3 Å². The number of likely N-dealkylation sites (tertiary alicyclic amines) is 1. The molecule has 2 unspecified atom stereocenters. The van der Waals surface area contributed by atoms with Crippen LogP contribution in [0.1, 0.15) is 17.9 Å². The van der Waals surface area contributed by atoms with Crippen LogP contribution >= 0.6 is 0 Å². The molecule has 0 aliphatic carbocycles. The van der Waals surface area contributed by atoms with Gasteiger partial charge in [-0.3, -0.25) is 4.90 Å². The standard InChI is InChI=1S/C17H23N3O/c18-12-16(15-4-2-1-3-5-15)13-19-7-6-17(14-19)20-8-10-21-11-9-20/h1-5,16-17H,6-11,13-14H2. The van der Waals surface area contributed by atoms with Crippen molar-refractivity contribution < 1.29 is 4.74 Å². The average Bonchev–Trinajstić information content (AvgIpc) is 3.03. The number of nitriles is 1. The molecule has 2 heterocycles. The Kier molecular flexibility index (Phi) is 4.87. The molecule has 0 aromatic heterocycles. The van der Waals surface area contributed by atoms with E-state index in [4.69, 9.17) is 4.74 Å². The van der Waals surface area contributed by atoms with Crippen LogP contribution in [0.3, 0.4) is 0 Å². The first kappa shape index (κ1) is 14.5. The van der Waals surface area contributed by atoms with Gasteiger partial charge in [-0.25, -0.2) is 0 Å². The van der Waals surface area contributed by atoms with Crippen molar-refractivity contribution in [3.05, 3.63) is 35.9 Å². The first-order valence-corrected chi connectivity index (χ1v) is 7.85. The summed E-state index contributed by atoms with van der Waals surface area (Å²) in [4.78, 5) is 4.99. The zero-order chi connectivity index (χ0) is 14.5. The van der Waals surface area contributed by atoms with E-state index in [9.17, 15) is 5.26 Å². The molecule has 4 heteroatoms. The molecule has 2 saturated heterocycles. The fourth-order valence-electron chi connectivity index (χ4n) is 3.38. The van der Waals surface area contributed by atoms with E-state index < -0.39 is 0 Å². The minimum atomic E-state index is -0.0189. The van der Waals surface area contributed by atoms with Crippen LogP contribution in [0.15, 0.2) is 30.3 Å². The number of nitrogens with zero attached hydrogens (tertiary/aromatic N) is 3. The van der Waals surface area contributed by atoms with E-state index in [1.54, 1.807) is 0 Å². The molecule has 1 aromatic rings. The molecule has 4 nitrogen and oxygen atoms in total. The van der Waals surface area contributed by atoms with Crippen molar-refractivity contribution in [3.8, 4) is 6.07 Å². The maximum absolute atomic E-state index is 9.45. The molecule has 2 aliphatic rings. The van der Waals surface area contributed by atoms with Crippen LogP contribution in [-0.2, 0) is 4.74 Å². The summed E-state index contributed by atoms with van der Waals surface area (Å²) in [6.07, 6.45) is 1.22. The Morgan fingerprint density at radius 2 is 1.95 bits per heavy atom. The van der Waals surface area contributed by atoms with Gasteiger partial charge in [-0.2, -0.15) is 5.26 Å². The molecular weight excluding hydrogens is 262 g/mol. The second kappa shape index (κ2) is 7.04. The molecule has 21 heavy (non-hydrogen) atoms. The number of ether oxygens (including phenoxy) is 1. The quantitative estimate of drug-likeness (QED) is 0.844. The van der Waals surface area contributed by atoms with Crippen molar-refractivity contribution >= 4 is 0 Å². The highest BCUT2D eigenvalue weighted by Crippen LogP contribution is 2.22. The van der Waals surface area contributed by atoms with E-state index in [0.29, 0.717) is 6.04 Å². The largest absolute Gasteiger partial charge is 0.379 e. The molecule has 0 amide bonds. The van der Waals surface area contributed by atoms with Gasteiger partial charge < -0.3 is 9.64 Å². The Labute approximate surface area is 126 Å². The molecule has 1 aromatic carbocycles. The highest BCUT2D eigenvalue weighted by molar-refractivity contribution is 5.25. The van der Waals surface area contributed by atoms with Gasteiger partial charge in [0.2, 0.25) is 0 Å². The molecule has 0 spiro atoms. The van der Waals surface area contributed by atoms with Gasteiger partial charge in [0.25, 0.3) is 0 Å². The smallest absolute Gasteiger partial charge is 0.0839 e. The lowest BCUT2D eigenvalue weighted by molar-refractivity contribution is 0.0185. The number of rotatable bonds is 4. The third-order valence-corrected chi connectivity index (χ3v) is 4.61. The zero-order valence-corrected chi connectivity index (χ0v) is 12.4. The van der Waals surface area contributed by atoms with Crippen LogP contribution in [0, 0.1) is 11.3 Å². The summed E-state index contributed by atoms with van der Waals surface area (Å²) in [5.74, 6) is -0.0189. The first-order chi connectivity index (χ1) is 10.4. The van der Waals surface area contributed by atoms with Gasteiger partial charge in [-0.15, -0.1) is 0 Å². The SMILES string of the molecule is N#CC(CN1CCC(N2CCOCC2)C1)c1ccccc1. The summed E-state index contributed by atoms with van der Waals surface area (Å²) in [6.45, 7) is 6.87. The van der Waals surface area contributed by atoms with Gasteiger partial charge in [-0.05, 0) is 18.5 Å². The summed E-state index contributed by atoms with van der Waals surface area (Å²) in [6, 6.07) is 13.3. The van der Waals surface area contributed by atoms with Gasteiger partial charge in [0.15, 0.2) is 0 Å². The Bertz CT molecular complexity index is 479. The van der Waals surface area contributed by atoms with Crippen LogP contribution in [-0.4, -0.2) is 61.8 Å². The second-order valence-corrected chi connectivity index (χ2v) is 5.94. The second-order valence-electron chi connectivity index (χ2n) is 5.94. The van der Waals surface area contributed by atoms with E-state index in [1.807, 2.05) is 18.2 Å². The molecule has 2 atom stereocenters. The third-order valence-electron chi connectivity index (χ3n) is 4.61. The fraction of sp³-hybridized carbons (Fsp3) is 0.588. The van der Waals surface area contributed by atoms with Crippen LogP contribution in [0.4, 0.5) is 0 Å². The molecule has 3 rings (SSSR count). The summed E-state index contributed by atoms with van der Waals surface area (Å²) >= 11 is 0. The number of morpholine rings is 1. The van der Waals surface area contributed by atoms with E-state index in [0.717, 1.165) is 51.5 Å². The van der Waals surface area contributed by atoms with E-state index in [2.05, 4.69) is 28.0 Å². The van der Waals surface area contributed by atoms with Crippen molar-refractivity contribution in [2.45, 2.75) is 18.4 Å². The third kappa shape index (κ3) is 3.62. The van der Waals surface area contributed by atoms with E-state index in [1.165, 1.54) is 6.42 Å². The van der Waals surface area contributed by atoms with Gasteiger partial charge >= 0.3 is 0 Å². The monoisotopic (exact) mass is 285 g/mol. The fourth-order valence-corrected chi connectivity index (χ4v) is 3.38. The van der Waals surface area contributed by atoms with E-state index in [-0.39, 0.29) is 5.92 Å². The van der Waals surface area contributed by atoms with Crippen molar-refractivity contribution in [1.29, 1.82) is 5.26 Å². The van der Waals surface area contributed by atoms with Crippen molar-refractivity contribution in [1.82, 2.24) is 9.80 Å². The molecule has 112 valence electrons. The average molecular weight is 285 g/mol. The minimum absolute atomic E-state index is 0.0189. The first-order valence-electron chi connectivity index (χ1n) is 7.85. The zero-order valence-electron chi connectivity index (χ0n) is 12.4. The van der Waals surface area contributed by atoms with Crippen LogP contribution in [0.25, 0.3) is 0 Å². The molecule has 0 bridgehead atoms. The van der Waals surface area contributed by atoms with Crippen LogP contribution in [0.2, 0.25) is 0 Å². The van der Waals surface area contributed by atoms with Gasteiger partial charge in [0.05, 0.1) is 25.2 Å². The van der Waals surface area contributed by atoms with Gasteiger partial charge in [0, 0.05) is 32.2 Å². The minimum Gasteiger partial charge on any atom is -0.379 e. The molecule has 2 aliphatic heterocycles. The lowest BCUT2D eigenvalue weighted by Gasteiger charge is -2.32. The Hall–Kier alpha value is -1.41. The Morgan fingerprint density at radius 1 is 1.19 bits per heavy atom. The highest BCUT2D eigenvalue weighted by Gasteiger charge is 2.29.